The number of hydrazine groups is 1. The van der Waals surface area contributed by atoms with Crippen LogP contribution in [-0.4, -0.2) is 9.55 Å². The molecule has 0 aliphatic heterocycles. The predicted octanol–water partition coefficient (Wildman–Crippen LogP) is 1.84. The van der Waals surface area contributed by atoms with Crippen LogP contribution in [0.1, 0.15) is 44.5 Å². The summed E-state index contributed by atoms with van der Waals surface area (Å²) >= 11 is 0. The molecule has 2 fully saturated rings. The molecule has 2 saturated carbocycles. The molecule has 2 aliphatic rings. The highest BCUT2D eigenvalue weighted by Crippen LogP contribution is 2.52. The molecule has 4 heteroatoms. The molecule has 3 N–H and O–H groups in total. The summed E-state index contributed by atoms with van der Waals surface area (Å²) in [5.41, 5.74) is 3.02. The van der Waals surface area contributed by atoms with Crippen molar-refractivity contribution in [3.63, 3.8) is 0 Å². The fourth-order valence-electron chi connectivity index (χ4n) is 3.96. The largest absolute Gasteiger partial charge is 0.334 e. The molecule has 4 unspecified atom stereocenters. The molecular formula is C13H22N4. The molecule has 0 aromatic carbocycles. The Labute approximate surface area is 103 Å². The number of aryl methyl sites for hydroxylation is 1. The van der Waals surface area contributed by atoms with Gasteiger partial charge in [0.05, 0.1) is 6.04 Å². The van der Waals surface area contributed by atoms with Crippen molar-refractivity contribution in [3.8, 4) is 0 Å². The average Bonchev–Trinajstić information content (AvgIpc) is 3.05. The third-order valence-corrected chi connectivity index (χ3v) is 4.77. The summed E-state index contributed by atoms with van der Waals surface area (Å²) < 4.78 is 2.20. The van der Waals surface area contributed by atoms with Crippen LogP contribution in [0, 0.1) is 17.8 Å². The van der Waals surface area contributed by atoms with E-state index in [1.165, 1.54) is 25.7 Å². The first-order valence-corrected chi connectivity index (χ1v) is 6.80. The van der Waals surface area contributed by atoms with E-state index in [9.17, 15) is 0 Å². The first-order valence-electron chi connectivity index (χ1n) is 6.80. The summed E-state index contributed by atoms with van der Waals surface area (Å²) in [5, 5.41) is 0. The molecule has 2 bridgehead atoms. The topological polar surface area (TPSA) is 55.9 Å². The second kappa shape index (κ2) is 4.42. The van der Waals surface area contributed by atoms with E-state index in [1.807, 2.05) is 12.4 Å². The molecule has 0 spiro atoms. The Morgan fingerprint density at radius 1 is 1.53 bits per heavy atom. The van der Waals surface area contributed by atoms with E-state index in [4.69, 9.17) is 5.84 Å². The number of rotatable bonds is 4. The molecule has 1 aromatic rings. The summed E-state index contributed by atoms with van der Waals surface area (Å²) in [7, 11) is 0. The van der Waals surface area contributed by atoms with Crippen LogP contribution < -0.4 is 11.3 Å². The molecular weight excluding hydrogens is 212 g/mol. The Morgan fingerprint density at radius 2 is 2.41 bits per heavy atom. The molecule has 17 heavy (non-hydrogen) atoms. The van der Waals surface area contributed by atoms with Crippen molar-refractivity contribution in [1.82, 2.24) is 15.0 Å². The van der Waals surface area contributed by atoms with E-state index in [2.05, 4.69) is 21.9 Å². The lowest BCUT2D eigenvalue weighted by atomic mass is 9.83. The molecule has 1 heterocycles. The Bertz CT molecular complexity index is 387. The summed E-state index contributed by atoms with van der Waals surface area (Å²) in [4.78, 5) is 4.51. The van der Waals surface area contributed by atoms with Gasteiger partial charge in [0.2, 0.25) is 0 Å². The van der Waals surface area contributed by atoms with Gasteiger partial charge < -0.3 is 4.57 Å². The number of hydrogen-bond donors (Lipinski definition) is 2. The molecule has 0 amide bonds. The maximum absolute atomic E-state index is 5.80. The van der Waals surface area contributed by atoms with Crippen LogP contribution in [-0.2, 0) is 6.54 Å². The molecule has 4 atom stereocenters. The Balaban J connectivity index is 1.84. The second-order valence-corrected chi connectivity index (χ2v) is 5.55. The van der Waals surface area contributed by atoms with Gasteiger partial charge in [0.25, 0.3) is 0 Å². The minimum absolute atomic E-state index is 0.236. The lowest BCUT2D eigenvalue weighted by Crippen LogP contribution is -2.37. The van der Waals surface area contributed by atoms with Gasteiger partial charge in [0.15, 0.2) is 0 Å². The van der Waals surface area contributed by atoms with E-state index >= 15 is 0 Å². The van der Waals surface area contributed by atoms with Crippen molar-refractivity contribution in [2.45, 2.75) is 45.2 Å². The number of nitrogens with two attached hydrogens (primary N) is 1. The van der Waals surface area contributed by atoms with Crippen LogP contribution in [0.2, 0.25) is 0 Å². The van der Waals surface area contributed by atoms with Gasteiger partial charge in [0.1, 0.15) is 5.82 Å². The lowest BCUT2D eigenvalue weighted by molar-refractivity contribution is 0.240. The van der Waals surface area contributed by atoms with Crippen molar-refractivity contribution in [2.75, 3.05) is 0 Å². The first kappa shape index (κ1) is 11.2. The quantitative estimate of drug-likeness (QED) is 0.617. The van der Waals surface area contributed by atoms with Gasteiger partial charge in [-0.25, -0.2) is 10.4 Å². The standard InChI is InChI=1S/C13H22N4/c1-2-17-6-5-15-13(17)12(16-14)11-8-9-3-4-10(11)7-9/h5-6,9-12,16H,2-4,7-8,14H2,1H3. The fourth-order valence-corrected chi connectivity index (χ4v) is 3.96. The van der Waals surface area contributed by atoms with Gasteiger partial charge in [-0.1, -0.05) is 6.42 Å². The van der Waals surface area contributed by atoms with E-state index in [0.29, 0.717) is 5.92 Å². The maximum Gasteiger partial charge on any atom is 0.127 e. The van der Waals surface area contributed by atoms with Gasteiger partial charge in [0, 0.05) is 18.9 Å². The second-order valence-electron chi connectivity index (χ2n) is 5.55. The third-order valence-electron chi connectivity index (χ3n) is 4.77. The third kappa shape index (κ3) is 1.79. The molecule has 0 saturated heterocycles. The smallest absolute Gasteiger partial charge is 0.127 e. The van der Waals surface area contributed by atoms with Gasteiger partial charge in [-0.2, -0.15) is 0 Å². The van der Waals surface area contributed by atoms with Crippen LogP contribution >= 0.6 is 0 Å². The zero-order valence-electron chi connectivity index (χ0n) is 10.5. The Kier molecular flexibility index (Phi) is 2.92. The molecule has 1 aromatic heterocycles. The first-order chi connectivity index (χ1) is 8.33. The summed E-state index contributed by atoms with van der Waals surface area (Å²) in [6.45, 7) is 3.12. The maximum atomic E-state index is 5.80. The van der Waals surface area contributed by atoms with Crippen LogP contribution in [0.3, 0.4) is 0 Å². The van der Waals surface area contributed by atoms with E-state index in [0.717, 1.165) is 24.2 Å². The van der Waals surface area contributed by atoms with Crippen molar-refractivity contribution in [3.05, 3.63) is 18.2 Å². The van der Waals surface area contributed by atoms with Crippen LogP contribution in [0.15, 0.2) is 12.4 Å². The normalized spacial score (nSPS) is 33.2. The summed E-state index contributed by atoms with van der Waals surface area (Å²) in [5.74, 6) is 9.41. The van der Waals surface area contributed by atoms with Gasteiger partial charge in [-0.15, -0.1) is 0 Å². The summed E-state index contributed by atoms with van der Waals surface area (Å²) in [6, 6.07) is 0.236. The van der Waals surface area contributed by atoms with Crippen molar-refractivity contribution in [1.29, 1.82) is 0 Å². The Hall–Kier alpha value is -0.870. The number of nitrogens with one attached hydrogen (secondary N) is 1. The average molecular weight is 234 g/mol. The fraction of sp³-hybridized carbons (Fsp3) is 0.769. The van der Waals surface area contributed by atoms with Gasteiger partial charge in [-0.3, -0.25) is 5.84 Å². The monoisotopic (exact) mass is 234 g/mol. The van der Waals surface area contributed by atoms with E-state index < -0.39 is 0 Å². The Morgan fingerprint density at radius 3 is 3.00 bits per heavy atom. The number of aromatic nitrogens is 2. The number of hydrogen-bond acceptors (Lipinski definition) is 3. The number of fused-ring (bicyclic) bond motifs is 2. The molecule has 0 radical (unpaired) electrons. The molecule has 4 nitrogen and oxygen atoms in total. The van der Waals surface area contributed by atoms with E-state index in [-0.39, 0.29) is 6.04 Å². The van der Waals surface area contributed by atoms with E-state index in [1.54, 1.807) is 0 Å². The number of imidazole rings is 1. The lowest BCUT2D eigenvalue weighted by Gasteiger charge is -2.29. The predicted molar refractivity (Wildman–Crippen MR) is 66.9 cm³/mol. The van der Waals surface area contributed by atoms with Gasteiger partial charge >= 0.3 is 0 Å². The zero-order chi connectivity index (χ0) is 11.8. The van der Waals surface area contributed by atoms with Crippen LogP contribution in [0.4, 0.5) is 0 Å². The highest BCUT2D eigenvalue weighted by atomic mass is 15.3. The highest BCUT2D eigenvalue weighted by Gasteiger charge is 2.44. The van der Waals surface area contributed by atoms with Crippen LogP contribution in [0.5, 0.6) is 0 Å². The molecule has 94 valence electrons. The minimum atomic E-state index is 0.236. The highest BCUT2D eigenvalue weighted by molar-refractivity contribution is 5.06. The van der Waals surface area contributed by atoms with Crippen molar-refractivity contribution >= 4 is 0 Å². The zero-order valence-corrected chi connectivity index (χ0v) is 10.5. The van der Waals surface area contributed by atoms with Crippen LogP contribution in [0.25, 0.3) is 0 Å². The SMILES string of the molecule is CCn1ccnc1C(NN)C1CC2CCC1C2. The molecule has 2 aliphatic carbocycles. The number of nitrogens with zero attached hydrogens (tertiary/aromatic N) is 2. The molecule has 3 rings (SSSR count). The summed E-state index contributed by atoms with van der Waals surface area (Å²) in [6.07, 6.45) is 9.50. The van der Waals surface area contributed by atoms with Crippen molar-refractivity contribution < 1.29 is 0 Å². The van der Waals surface area contributed by atoms with Crippen molar-refractivity contribution in [2.24, 2.45) is 23.6 Å². The minimum Gasteiger partial charge on any atom is -0.334 e. The van der Waals surface area contributed by atoms with Gasteiger partial charge in [-0.05, 0) is 43.9 Å².